The number of ether oxygens (including phenoxy) is 2. The number of aromatic nitrogens is 3. The fourth-order valence-electron chi connectivity index (χ4n) is 3.35. The summed E-state index contributed by atoms with van der Waals surface area (Å²) in [4.78, 5) is 4.19. The SMILES string of the molecule is c1cncc(Cc2nnc(NCc3ccc4c(c3)OCO4)c3ccccc23)c1. The predicted octanol–water partition coefficient (Wildman–Crippen LogP) is 3.96. The summed E-state index contributed by atoms with van der Waals surface area (Å²) in [7, 11) is 0. The van der Waals surface area contributed by atoms with Gasteiger partial charge in [0.25, 0.3) is 0 Å². The molecule has 0 atom stereocenters. The van der Waals surface area contributed by atoms with E-state index in [2.05, 4.69) is 38.7 Å². The molecule has 4 aromatic rings. The van der Waals surface area contributed by atoms with Crippen LogP contribution < -0.4 is 14.8 Å². The molecule has 2 aromatic heterocycles. The molecule has 6 heteroatoms. The van der Waals surface area contributed by atoms with Crippen molar-refractivity contribution in [2.45, 2.75) is 13.0 Å². The van der Waals surface area contributed by atoms with E-state index in [4.69, 9.17) is 9.47 Å². The van der Waals surface area contributed by atoms with Crippen LogP contribution in [0.2, 0.25) is 0 Å². The molecule has 0 saturated carbocycles. The summed E-state index contributed by atoms with van der Waals surface area (Å²) < 4.78 is 10.8. The van der Waals surface area contributed by atoms with Crippen LogP contribution in [0.1, 0.15) is 16.8 Å². The lowest BCUT2D eigenvalue weighted by Crippen LogP contribution is -2.05. The van der Waals surface area contributed by atoms with Gasteiger partial charge in [-0.25, -0.2) is 0 Å². The molecule has 0 bridgehead atoms. The number of nitrogens with zero attached hydrogens (tertiary/aromatic N) is 3. The molecule has 1 aliphatic heterocycles. The Morgan fingerprint density at radius 2 is 1.75 bits per heavy atom. The van der Waals surface area contributed by atoms with Crippen LogP contribution in [0.15, 0.2) is 67.0 Å². The molecule has 1 N–H and O–H groups in total. The van der Waals surface area contributed by atoms with E-state index in [1.54, 1.807) is 6.20 Å². The highest BCUT2D eigenvalue weighted by molar-refractivity contribution is 5.93. The molecule has 0 unspecified atom stereocenters. The van der Waals surface area contributed by atoms with E-state index in [1.807, 2.05) is 42.6 Å². The molecule has 3 heterocycles. The topological polar surface area (TPSA) is 69.2 Å². The molecular weight excluding hydrogens is 352 g/mol. The highest BCUT2D eigenvalue weighted by Crippen LogP contribution is 2.33. The first kappa shape index (κ1) is 16.5. The lowest BCUT2D eigenvalue weighted by atomic mass is 10.1. The molecule has 0 fully saturated rings. The number of fused-ring (bicyclic) bond motifs is 2. The third kappa shape index (κ3) is 3.20. The van der Waals surface area contributed by atoms with Crippen LogP contribution in [0.5, 0.6) is 11.5 Å². The van der Waals surface area contributed by atoms with Gasteiger partial charge in [-0.15, -0.1) is 5.10 Å². The van der Waals surface area contributed by atoms with Gasteiger partial charge in [0.2, 0.25) is 6.79 Å². The Morgan fingerprint density at radius 1 is 0.857 bits per heavy atom. The van der Waals surface area contributed by atoms with E-state index >= 15 is 0 Å². The highest BCUT2D eigenvalue weighted by atomic mass is 16.7. The van der Waals surface area contributed by atoms with Gasteiger partial charge in [-0.2, -0.15) is 5.10 Å². The van der Waals surface area contributed by atoms with Crippen molar-refractivity contribution in [3.8, 4) is 11.5 Å². The lowest BCUT2D eigenvalue weighted by molar-refractivity contribution is 0.174. The van der Waals surface area contributed by atoms with Gasteiger partial charge in [0.05, 0.1) is 5.69 Å². The van der Waals surface area contributed by atoms with E-state index < -0.39 is 0 Å². The molecule has 6 nitrogen and oxygen atoms in total. The van der Waals surface area contributed by atoms with Crippen LogP contribution in [-0.2, 0) is 13.0 Å². The Bertz CT molecular complexity index is 1130. The highest BCUT2D eigenvalue weighted by Gasteiger charge is 2.14. The lowest BCUT2D eigenvalue weighted by Gasteiger charge is -2.11. The molecule has 138 valence electrons. The van der Waals surface area contributed by atoms with Crippen molar-refractivity contribution in [3.05, 3.63) is 83.8 Å². The summed E-state index contributed by atoms with van der Waals surface area (Å²) in [5, 5.41) is 14.5. The number of nitrogens with one attached hydrogen (secondary N) is 1. The zero-order valence-corrected chi connectivity index (χ0v) is 15.1. The standard InChI is InChI=1S/C22H18N4O2/c1-2-6-18-17(5-1)19(10-15-4-3-9-23-12-15)25-26-22(18)24-13-16-7-8-20-21(11-16)28-14-27-20/h1-9,11-12H,10,13-14H2,(H,24,26). The molecule has 1 aliphatic rings. The van der Waals surface area contributed by atoms with Crippen molar-refractivity contribution in [2.75, 3.05) is 12.1 Å². The summed E-state index contributed by atoms with van der Waals surface area (Å²) in [6.07, 6.45) is 4.34. The molecule has 0 saturated heterocycles. The second-order valence-electron chi connectivity index (χ2n) is 6.62. The monoisotopic (exact) mass is 370 g/mol. The molecular formula is C22H18N4O2. The largest absolute Gasteiger partial charge is 0.454 e. The van der Waals surface area contributed by atoms with Gasteiger partial charge in [0.15, 0.2) is 17.3 Å². The van der Waals surface area contributed by atoms with Gasteiger partial charge in [-0.05, 0) is 29.3 Å². The first-order chi connectivity index (χ1) is 13.9. The minimum Gasteiger partial charge on any atom is -0.454 e. The van der Waals surface area contributed by atoms with Gasteiger partial charge >= 0.3 is 0 Å². The zero-order chi connectivity index (χ0) is 18.8. The predicted molar refractivity (Wildman–Crippen MR) is 106 cm³/mol. The number of hydrogen-bond acceptors (Lipinski definition) is 6. The molecule has 0 spiro atoms. The number of pyridine rings is 1. The van der Waals surface area contributed by atoms with Crippen molar-refractivity contribution in [3.63, 3.8) is 0 Å². The average Bonchev–Trinajstić information content (AvgIpc) is 3.22. The van der Waals surface area contributed by atoms with Crippen LogP contribution in [0.3, 0.4) is 0 Å². The maximum atomic E-state index is 5.45. The van der Waals surface area contributed by atoms with Crippen molar-refractivity contribution in [1.29, 1.82) is 0 Å². The Balaban J connectivity index is 1.41. The minimum absolute atomic E-state index is 0.278. The van der Waals surface area contributed by atoms with Crippen LogP contribution in [0.25, 0.3) is 10.8 Å². The second-order valence-corrected chi connectivity index (χ2v) is 6.62. The first-order valence-corrected chi connectivity index (χ1v) is 9.12. The summed E-state index contributed by atoms with van der Waals surface area (Å²) in [6, 6.07) is 18.1. The Morgan fingerprint density at radius 3 is 2.64 bits per heavy atom. The van der Waals surface area contributed by atoms with E-state index in [1.165, 1.54) is 0 Å². The van der Waals surface area contributed by atoms with Crippen molar-refractivity contribution < 1.29 is 9.47 Å². The molecule has 0 amide bonds. The summed E-state index contributed by atoms with van der Waals surface area (Å²) in [6.45, 7) is 0.901. The number of benzene rings is 2. The molecule has 28 heavy (non-hydrogen) atoms. The average molecular weight is 370 g/mol. The maximum Gasteiger partial charge on any atom is 0.231 e. The van der Waals surface area contributed by atoms with E-state index in [0.717, 1.165) is 44.9 Å². The van der Waals surface area contributed by atoms with Gasteiger partial charge in [-0.1, -0.05) is 36.4 Å². The van der Waals surface area contributed by atoms with Crippen molar-refractivity contribution in [2.24, 2.45) is 0 Å². The van der Waals surface area contributed by atoms with E-state index in [0.29, 0.717) is 13.0 Å². The van der Waals surface area contributed by atoms with Crippen LogP contribution in [0.4, 0.5) is 5.82 Å². The normalized spacial score (nSPS) is 12.3. The van der Waals surface area contributed by atoms with Crippen molar-refractivity contribution in [1.82, 2.24) is 15.2 Å². The first-order valence-electron chi connectivity index (χ1n) is 9.12. The third-order valence-corrected chi connectivity index (χ3v) is 4.76. The maximum absolute atomic E-state index is 5.45. The molecule has 2 aromatic carbocycles. The van der Waals surface area contributed by atoms with Gasteiger partial charge in [-0.3, -0.25) is 4.98 Å². The number of anilines is 1. The molecule has 0 aliphatic carbocycles. The zero-order valence-electron chi connectivity index (χ0n) is 15.1. The smallest absolute Gasteiger partial charge is 0.231 e. The van der Waals surface area contributed by atoms with E-state index in [9.17, 15) is 0 Å². The fraction of sp³-hybridized carbons (Fsp3) is 0.136. The Hall–Kier alpha value is -3.67. The number of hydrogen-bond donors (Lipinski definition) is 1. The summed E-state index contributed by atoms with van der Waals surface area (Å²) >= 11 is 0. The minimum atomic E-state index is 0.278. The fourth-order valence-corrected chi connectivity index (χ4v) is 3.35. The molecule has 5 rings (SSSR count). The van der Waals surface area contributed by atoms with Crippen LogP contribution >= 0.6 is 0 Å². The summed E-state index contributed by atoms with van der Waals surface area (Å²) in [5.41, 5.74) is 3.15. The Labute approximate surface area is 162 Å². The molecule has 0 radical (unpaired) electrons. The van der Waals surface area contributed by atoms with Crippen LogP contribution in [0, 0.1) is 0 Å². The summed E-state index contributed by atoms with van der Waals surface area (Å²) in [5.74, 6) is 2.33. The quantitative estimate of drug-likeness (QED) is 0.574. The second kappa shape index (κ2) is 7.15. The van der Waals surface area contributed by atoms with Gasteiger partial charge in [0.1, 0.15) is 0 Å². The Kier molecular flexibility index (Phi) is 4.21. The van der Waals surface area contributed by atoms with Crippen LogP contribution in [-0.4, -0.2) is 22.0 Å². The van der Waals surface area contributed by atoms with Gasteiger partial charge < -0.3 is 14.8 Å². The van der Waals surface area contributed by atoms with Crippen molar-refractivity contribution >= 4 is 16.6 Å². The van der Waals surface area contributed by atoms with E-state index in [-0.39, 0.29) is 6.79 Å². The third-order valence-electron chi connectivity index (χ3n) is 4.76. The number of rotatable bonds is 5. The van der Waals surface area contributed by atoms with Gasteiger partial charge in [0, 0.05) is 36.1 Å².